The predicted octanol–water partition coefficient (Wildman–Crippen LogP) is 3.93. The van der Waals surface area contributed by atoms with Crippen LogP contribution in [0.4, 0.5) is 5.69 Å². The van der Waals surface area contributed by atoms with Crippen molar-refractivity contribution >= 4 is 21.6 Å². The summed E-state index contributed by atoms with van der Waals surface area (Å²) in [6.07, 6.45) is 5.97. The molecule has 0 spiro atoms. The van der Waals surface area contributed by atoms with Gasteiger partial charge in [0.1, 0.15) is 5.75 Å². The van der Waals surface area contributed by atoms with Crippen molar-refractivity contribution in [2.75, 3.05) is 11.0 Å². The number of hydrogen-bond donors (Lipinski definition) is 3. The topological polar surface area (TPSA) is 95.5 Å². The standard InChI is InChI=1S/C24H36N2O4S/c1-14(27)25-20-8-10-23(4)18(22(20,2)3)7-9-24(5)19(23)12-15-11-16(28)13-17(21(15)24)26-31(6,29)30/h11,13,18-20,26,28H,7-10,12H2,1-6H3,(H,25,27). The Balaban J connectivity index is 1.77. The zero-order valence-corrected chi connectivity index (χ0v) is 20.3. The molecule has 2 fully saturated rings. The van der Waals surface area contributed by atoms with Crippen LogP contribution in [-0.2, 0) is 26.7 Å². The fourth-order valence-corrected chi connectivity index (χ4v) is 8.40. The third-order valence-corrected chi connectivity index (χ3v) is 9.54. The Labute approximate surface area is 186 Å². The summed E-state index contributed by atoms with van der Waals surface area (Å²) in [5, 5.41) is 13.5. The van der Waals surface area contributed by atoms with E-state index >= 15 is 0 Å². The third kappa shape index (κ3) is 3.43. The number of carbonyl (C=O) groups is 1. The fraction of sp³-hybridized carbons (Fsp3) is 0.708. The number of benzene rings is 1. The number of phenols is 1. The molecule has 3 aliphatic rings. The number of carbonyl (C=O) groups excluding carboxylic acids is 1. The van der Waals surface area contributed by atoms with E-state index in [1.54, 1.807) is 13.0 Å². The van der Waals surface area contributed by atoms with Gasteiger partial charge in [-0.1, -0.05) is 27.7 Å². The zero-order chi connectivity index (χ0) is 23.0. The molecule has 0 saturated heterocycles. The molecule has 0 bridgehead atoms. The Bertz CT molecular complexity index is 1030. The van der Waals surface area contributed by atoms with E-state index in [-0.39, 0.29) is 33.9 Å². The van der Waals surface area contributed by atoms with Gasteiger partial charge in [0.2, 0.25) is 15.9 Å². The fourth-order valence-electron chi connectivity index (χ4n) is 7.84. The van der Waals surface area contributed by atoms with E-state index in [2.05, 4.69) is 37.7 Å². The van der Waals surface area contributed by atoms with Gasteiger partial charge < -0.3 is 10.4 Å². The van der Waals surface area contributed by atoms with Gasteiger partial charge in [0.15, 0.2) is 0 Å². The first-order valence-electron chi connectivity index (χ1n) is 11.3. The smallest absolute Gasteiger partial charge is 0.229 e. The van der Waals surface area contributed by atoms with Crippen molar-refractivity contribution in [3.05, 3.63) is 23.3 Å². The molecule has 1 amide bonds. The Hall–Kier alpha value is -1.76. The van der Waals surface area contributed by atoms with E-state index in [9.17, 15) is 18.3 Å². The summed E-state index contributed by atoms with van der Waals surface area (Å²) in [5.41, 5.74) is 2.53. The van der Waals surface area contributed by atoms with Gasteiger partial charge in [-0.3, -0.25) is 9.52 Å². The van der Waals surface area contributed by atoms with Gasteiger partial charge in [0.05, 0.1) is 11.9 Å². The predicted molar refractivity (Wildman–Crippen MR) is 123 cm³/mol. The van der Waals surface area contributed by atoms with Crippen molar-refractivity contribution in [3.8, 4) is 5.75 Å². The van der Waals surface area contributed by atoms with Gasteiger partial charge in [-0.05, 0) is 77.4 Å². The highest BCUT2D eigenvalue weighted by Gasteiger charge is 2.63. The minimum absolute atomic E-state index is 0.0231. The summed E-state index contributed by atoms with van der Waals surface area (Å²) in [4.78, 5) is 11.8. The lowest BCUT2D eigenvalue weighted by Crippen LogP contribution is -2.61. The number of amides is 1. The lowest BCUT2D eigenvalue weighted by molar-refractivity contribution is -0.131. The average molecular weight is 449 g/mol. The normalized spacial score (nSPS) is 36.1. The summed E-state index contributed by atoms with van der Waals surface area (Å²) in [5.74, 6) is 0.942. The minimum atomic E-state index is -3.46. The highest BCUT2D eigenvalue weighted by molar-refractivity contribution is 7.92. The van der Waals surface area contributed by atoms with Crippen LogP contribution < -0.4 is 10.0 Å². The Morgan fingerprint density at radius 1 is 1.10 bits per heavy atom. The van der Waals surface area contributed by atoms with E-state index in [1.807, 2.05) is 6.07 Å². The number of hydrogen-bond acceptors (Lipinski definition) is 4. The van der Waals surface area contributed by atoms with Crippen LogP contribution >= 0.6 is 0 Å². The molecule has 1 aromatic rings. The Kier molecular flexibility index (Phi) is 4.97. The Morgan fingerprint density at radius 2 is 1.77 bits per heavy atom. The van der Waals surface area contributed by atoms with Crippen LogP contribution in [0, 0.1) is 22.7 Å². The molecule has 0 aliphatic heterocycles. The molecule has 4 rings (SSSR count). The quantitative estimate of drug-likeness (QED) is 0.653. The number of fused-ring (bicyclic) bond motifs is 5. The molecule has 172 valence electrons. The second-order valence-corrected chi connectivity index (χ2v) is 13.0. The van der Waals surface area contributed by atoms with Crippen molar-refractivity contribution in [1.29, 1.82) is 0 Å². The molecule has 0 radical (unpaired) electrons. The van der Waals surface area contributed by atoms with Crippen molar-refractivity contribution in [2.45, 2.75) is 78.2 Å². The average Bonchev–Trinajstić information content (AvgIpc) is 2.89. The highest BCUT2D eigenvalue weighted by Crippen LogP contribution is 2.68. The molecular weight excluding hydrogens is 412 g/mol. The Morgan fingerprint density at radius 3 is 2.39 bits per heavy atom. The number of rotatable bonds is 3. The summed E-state index contributed by atoms with van der Waals surface area (Å²) in [7, 11) is -3.46. The van der Waals surface area contributed by atoms with Gasteiger partial charge in [-0.2, -0.15) is 0 Å². The number of nitrogens with one attached hydrogen (secondary N) is 2. The number of aromatic hydroxyl groups is 1. The molecule has 0 aromatic heterocycles. The van der Waals surface area contributed by atoms with E-state index < -0.39 is 10.0 Å². The third-order valence-electron chi connectivity index (χ3n) is 8.95. The SMILES string of the molecule is CC(=O)NC1CCC2(C)C3Cc4cc(O)cc(NS(C)(=O)=O)c4C3(C)CCC2C1(C)C. The van der Waals surface area contributed by atoms with Crippen molar-refractivity contribution < 1.29 is 18.3 Å². The maximum absolute atomic E-state index is 12.0. The molecule has 3 aliphatic carbocycles. The lowest BCUT2D eigenvalue weighted by Gasteiger charge is -2.63. The van der Waals surface area contributed by atoms with Crippen LogP contribution in [-0.4, -0.2) is 31.7 Å². The molecule has 31 heavy (non-hydrogen) atoms. The second-order valence-electron chi connectivity index (χ2n) is 11.3. The van der Waals surface area contributed by atoms with Crippen LogP contribution in [0.1, 0.15) is 71.4 Å². The number of phenolic OH excluding ortho intramolecular Hbond substituents is 1. The molecule has 2 saturated carbocycles. The summed E-state index contributed by atoms with van der Waals surface area (Å²) in [6.45, 7) is 10.9. The number of anilines is 1. The molecule has 1 aromatic carbocycles. The van der Waals surface area contributed by atoms with Crippen LogP contribution in [0.25, 0.3) is 0 Å². The first-order chi connectivity index (χ1) is 14.2. The van der Waals surface area contributed by atoms with Crippen LogP contribution in [0.15, 0.2) is 12.1 Å². The maximum atomic E-state index is 12.0. The van der Waals surface area contributed by atoms with Gasteiger partial charge in [0.25, 0.3) is 0 Å². The summed E-state index contributed by atoms with van der Waals surface area (Å²) >= 11 is 0. The minimum Gasteiger partial charge on any atom is -0.508 e. The van der Waals surface area contributed by atoms with Gasteiger partial charge in [-0.15, -0.1) is 0 Å². The maximum Gasteiger partial charge on any atom is 0.229 e. The van der Waals surface area contributed by atoms with E-state index in [0.29, 0.717) is 17.5 Å². The lowest BCUT2D eigenvalue weighted by atomic mass is 9.42. The molecule has 6 nitrogen and oxygen atoms in total. The first-order valence-corrected chi connectivity index (χ1v) is 13.2. The van der Waals surface area contributed by atoms with Gasteiger partial charge in [0, 0.05) is 19.0 Å². The highest BCUT2D eigenvalue weighted by atomic mass is 32.2. The summed E-state index contributed by atoms with van der Waals surface area (Å²) in [6, 6.07) is 3.54. The molecule has 7 heteroatoms. The first kappa shape index (κ1) is 22.4. The van der Waals surface area contributed by atoms with Crippen LogP contribution in [0.5, 0.6) is 5.75 Å². The summed E-state index contributed by atoms with van der Waals surface area (Å²) < 4.78 is 26.8. The monoisotopic (exact) mass is 448 g/mol. The zero-order valence-electron chi connectivity index (χ0n) is 19.5. The molecule has 5 atom stereocenters. The van der Waals surface area contributed by atoms with Crippen LogP contribution in [0.2, 0.25) is 0 Å². The van der Waals surface area contributed by atoms with E-state index in [0.717, 1.165) is 49.5 Å². The molecular formula is C24H36N2O4S. The number of sulfonamides is 1. The molecule has 0 heterocycles. The van der Waals surface area contributed by atoms with E-state index in [4.69, 9.17) is 0 Å². The van der Waals surface area contributed by atoms with Crippen LogP contribution in [0.3, 0.4) is 0 Å². The van der Waals surface area contributed by atoms with Gasteiger partial charge >= 0.3 is 0 Å². The largest absolute Gasteiger partial charge is 0.508 e. The van der Waals surface area contributed by atoms with Crippen molar-refractivity contribution in [3.63, 3.8) is 0 Å². The molecule has 3 N–H and O–H groups in total. The second kappa shape index (κ2) is 6.87. The van der Waals surface area contributed by atoms with Crippen molar-refractivity contribution in [2.24, 2.45) is 22.7 Å². The van der Waals surface area contributed by atoms with Gasteiger partial charge in [-0.25, -0.2) is 8.42 Å². The van der Waals surface area contributed by atoms with Crippen molar-refractivity contribution in [1.82, 2.24) is 5.32 Å². The van der Waals surface area contributed by atoms with E-state index in [1.165, 1.54) is 0 Å². The molecule has 5 unspecified atom stereocenters.